The van der Waals surface area contributed by atoms with Gasteiger partial charge in [-0.3, -0.25) is 0 Å². The highest BCUT2D eigenvalue weighted by Crippen LogP contribution is 2.48. The quantitative estimate of drug-likeness (QED) is 0.183. The number of allylic oxidation sites excluding steroid dienone is 5. The van der Waals surface area contributed by atoms with Gasteiger partial charge in [-0.25, -0.2) is 4.98 Å². The van der Waals surface area contributed by atoms with Crippen LogP contribution in [0.5, 0.6) is 0 Å². The number of nitrogens with zero attached hydrogens (tertiary/aromatic N) is 1. The van der Waals surface area contributed by atoms with Crippen molar-refractivity contribution in [3.05, 3.63) is 157 Å². The molecular formula is C43H35N. The van der Waals surface area contributed by atoms with Gasteiger partial charge in [0.15, 0.2) is 0 Å². The minimum Gasteiger partial charge on any atom is -0.248 e. The van der Waals surface area contributed by atoms with Crippen molar-refractivity contribution in [2.24, 2.45) is 0 Å². The molecule has 1 aliphatic carbocycles. The Labute approximate surface area is 259 Å². The van der Waals surface area contributed by atoms with Crippen LogP contribution in [0.4, 0.5) is 0 Å². The SMILES string of the molecule is C=CC1=C(/C=C\C)c2ccc(-c3ccc4c(ccc5cc(-c6ccc7ccccc7n6)c(C=C)c(C=C)c54)c3)cc2C1(C)C. The monoisotopic (exact) mass is 565 g/mol. The van der Waals surface area contributed by atoms with Gasteiger partial charge in [0.25, 0.3) is 0 Å². The minimum atomic E-state index is -0.105. The predicted molar refractivity (Wildman–Crippen MR) is 193 cm³/mol. The standard InChI is InChI=1S/C43H35N/c1-7-13-35-36-22-19-29(26-39(36)43(5,6)38(35)10-4)28-18-21-34-30(24-28)16-17-31-25-37(32(8-2)33(9-3)42(31)34)41-23-20-27-14-11-12-15-40(27)44-41/h7-26H,2-4H2,1,5-6H3/b13-7-. The summed E-state index contributed by atoms with van der Waals surface area (Å²) in [6.45, 7) is 19.3. The molecule has 212 valence electrons. The number of pyridine rings is 1. The molecule has 0 spiro atoms. The van der Waals surface area contributed by atoms with Gasteiger partial charge >= 0.3 is 0 Å². The normalized spacial score (nSPS) is 14.1. The van der Waals surface area contributed by atoms with Gasteiger partial charge in [0.1, 0.15) is 0 Å². The highest BCUT2D eigenvalue weighted by molar-refractivity contribution is 6.14. The highest BCUT2D eigenvalue weighted by atomic mass is 14.7. The maximum atomic E-state index is 5.01. The Balaban J connectivity index is 1.38. The van der Waals surface area contributed by atoms with Gasteiger partial charge in [-0.1, -0.05) is 125 Å². The molecule has 0 atom stereocenters. The first-order valence-electron chi connectivity index (χ1n) is 15.2. The molecule has 6 aromatic rings. The van der Waals surface area contributed by atoms with Crippen molar-refractivity contribution in [1.82, 2.24) is 4.98 Å². The molecule has 1 aliphatic rings. The molecule has 7 rings (SSSR count). The summed E-state index contributed by atoms with van der Waals surface area (Å²) in [7, 11) is 0. The zero-order valence-electron chi connectivity index (χ0n) is 25.6. The van der Waals surface area contributed by atoms with Crippen LogP contribution in [0.3, 0.4) is 0 Å². The second kappa shape index (κ2) is 10.5. The number of fused-ring (bicyclic) bond motifs is 5. The summed E-state index contributed by atoms with van der Waals surface area (Å²) in [6, 6.07) is 32.9. The topological polar surface area (TPSA) is 12.9 Å². The molecule has 44 heavy (non-hydrogen) atoms. The predicted octanol–water partition coefficient (Wildman–Crippen LogP) is 12.0. The average Bonchev–Trinajstić information content (AvgIpc) is 3.27. The largest absolute Gasteiger partial charge is 0.248 e. The van der Waals surface area contributed by atoms with Crippen LogP contribution >= 0.6 is 0 Å². The fourth-order valence-corrected chi connectivity index (χ4v) is 7.13. The molecule has 0 bridgehead atoms. The van der Waals surface area contributed by atoms with E-state index < -0.39 is 0 Å². The average molecular weight is 566 g/mol. The van der Waals surface area contributed by atoms with Crippen LogP contribution in [0.15, 0.2) is 135 Å². The lowest BCUT2D eigenvalue weighted by molar-refractivity contribution is 0.655. The molecule has 0 N–H and O–H groups in total. The molecule has 0 saturated heterocycles. The van der Waals surface area contributed by atoms with E-state index >= 15 is 0 Å². The van der Waals surface area contributed by atoms with Crippen molar-refractivity contribution in [2.75, 3.05) is 0 Å². The van der Waals surface area contributed by atoms with Crippen molar-refractivity contribution in [3.63, 3.8) is 0 Å². The number of para-hydroxylation sites is 1. The zero-order valence-corrected chi connectivity index (χ0v) is 25.6. The van der Waals surface area contributed by atoms with E-state index in [1.165, 1.54) is 49.6 Å². The van der Waals surface area contributed by atoms with E-state index in [1.54, 1.807) is 0 Å². The summed E-state index contributed by atoms with van der Waals surface area (Å²) in [6.07, 6.45) is 10.2. The Morgan fingerprint density at radius 1 is 0.659 bits per heavy atom. The maximum Gasteiger partial charge on any atom is 0.0716 e. The van der Waals surface area contributed by atoms with Crippen LogP contribution in [0.25, 0.3) is 72.6 Å². The third-order valence-corrected chi connectivity index (χ3v) is 9.30. The summed E-state index contributed by atoms with van der Waals surface area (Å²) in [5.74, 6) is 0. The maximum absolute atomic E-state index is 5.01. The van der Waals surface area contributed by atoms with E-state index in [1.807, 2.05) is 30.4 Å². The van der Waals surface area contributed by atoms with Gasteiger partial charge in [-0.2, -0.15) is 0 Å². The van der Waals surface area contributed by atoms with Crippen LogP contribution in [0, 0.1) is 0 Å². The molecule has 1 nitrogen and oxygen atoms in total. The van der Waals surface area contributed by atoms with Crippen molar-refractivity contribution in [3.8, 4) is 22.4 Å². The Hall–Kier alpha value is -5.27. The second-order valence-corrected chi connectivity index (χ2v) is 12.1. The Morgan fingerprint density at radius 2 is 1.39 bits per heavy atom. The Morgan fingerprint density at radius 3 is 2.16 bits per heavy atom. The van der Waals surface area contributed by atoms with Crippen molar-refractivity contribution in [1.29, 1.82) is 0 Å². The van der Waals surface area contributed by atoms with E-state index in [9.17, 15) is 0 Å². The molecular weight excluding hydrogens is 530 g/mol. The fraction of sp³-hybridized carbons (Fsp3) is 0.0930. The van der Waals surface area contributed by atoms with Crippen LogP contribution in [0.2, 0.25) is 0 Å². The lowest BCUT2D eigenvalue weighted by Crippen LogP contribution is -2.16. The van der Waals surface area contributed by atoms with Gasteiger partial charge in [0.2, 0.25) is 0 Å². The van der Waals surface area contributed by atoms with E-state index in [2.05, 4.69) is 132 Å². The molecule has 0 radical (unpaired) electrons. The molecule has 1 heteroatoms. The van der Waals surface area contributed by atoms with Crippen LogP contribution in [0.1, 0.15) is 43.0 Å². The first kappa shape index (κ1) is 27.6. The second-order valence-electron chi connectivity index (χ2n) is 12.1. The van der Waals surface area contributed by atoms with Crippen LogP contribution < -0.4 is 0 Å². The molecule has 1 aromatic heterocycles. The third-order valence-electron chi connectivity index (χ3n) is 9.30. The Kier molecular flexibility index (Phi) is 6.56. The third kappa shape index (κ3) is 4.12. The van der Waals surface area contributed by atoms with E-state index in [0.717, 1.165) is 38.7 Å². The number of hydrogen-bond acceptors (Lipinski definition) is 1. The van der Waals surface area contributed by atoms with Gasteiger partial charge in [-0.05, 0) is 103 Å². The summed E-state index contributed by atoms with van der Waals surface area (Å²) in [5, 5.41) is 5.88. The first-order chi connectivity index (χ1) is 21.4. The molecule has 0 fully saturated rings. The molecule has 0 aliphatic heterocycles. The first-order valence-corrected chi connectivity index (χ1v) is 15.2. The molecule has 0 unspecified atom stereocenters. The fourth-order valence-electron chi connectivity index (χ4n) is 7.13. The number of hydrogen-bond donors (Lipinski definition) is 0. The summed E-state index contributed by atoms with van der Waals surface area (Å²) in [5.41, 5.74) is 12.6. The van der Waals surface area contributed by atoms with Crippen molar-refractivity contribution < 1.29 is 0 Å². The van der Waals surface area contributed by atoms with Crippen molar-refractivity contribution >= 4 is 50.2 Å². The van der Waals surface area contributed by atoms with Gasteiger partial charge < -0.3 is 0 Å². The zero-order chi connectivity index (χ0) is 30.6. The van der Waals surface area contributed by atoms with Crippen LogP contribution in [-0.2, 0) is 5.41 Å². The van der Waals surface area contributed by atoms with E-state index in [4.69, 9.17) is 4.98 Å². The van der Waals surface area contributed by atoms with Crippen LogP contribution in [-0.4, -0.2) is 4.98 Å². The smallest absolute Gasteiger partial charge is 0.0716 e. The number of rotatable bonds is 6. The summed E-state index contributed by atoms with van der Waals surface area (Å²) >= 11 is 0. The van der Waals surface area contributed by atoms with E-state index in [0.29, 0.717) is 0 Å². The number of benzene rings is 5. The highest BCUT2D eigenvalue weighted by Gasteiger charge is 2.35. The van der Waals surface area contributed by atoms with Gasteiger partial charge in [-0.15, -0.1) is 0 Å². The Bertz CT molecular complexity index is 2250. The molecule has 0 amide bonds. The lowest BCUT2D eigenvalue weighted by Gasteiger charge is -2.23. The van der Waals surface area contributed by atoms with Crippen molar-refractivity contribution in [2.45, 2.75) is 26.2 Å². The molecule has 0 saturated carbocycles. The molecule has 1 heterocycles. The van der Waals surface area contributed by atoms with E-state index in [-0.39, 0.29) is 5.41 Å². The summed E-state index contributed by atoms with van der Waals surface area (Å²) in [4.78, 5) is 5.01. The lowest BCUT2D eigenvalue weighted by atomic mass is 9.80. The minimum absolute atomic E-state index is 0.105. The summed E-state index contributed by atoms with van der Waals surface area (Å²) < 4.78 is 0. The number of aromatic nitrogens is 1. The molecule has 5 aromatic carbocycles. The van der Waals surface area contributed by atoms with Gasteiger partial charge in [0.05, 0.1) is 11.2 Å². The van der Waals surface area contributed by atoms with Gasteiger partial charge in [0, 0.05) is 16.4 Å².